The third-order valence-electron chi connectivity index (χ3n) is 4.92. The van der Waals surface area contributed by atoms with Crippen LogP contribution in [0.2, 0.25) is 0 Å². The van der Waals surface area contributed by atoms with Gasteiger partial charge in [0.1, 0.15) is 5.54 Å². The standard InChI is InChI=1S/C14H23N3O2/c1-9(7-15)8-17(4)12(18)14(16)10-5-6-19-11(10)13(14,2)3/h9-11H,5-6,8,16H2,1-4H3. The fraction of sp³-hybridized carbons (Fsp3) is 0.857. The Balaban J connectivity index is 2.16. The van der Waals surface area contributed by atoms with Gasteiger partial charge in [0.15, 0.2) is 0 Å². The van der Waals surface area contributed by atoms with Gasteiger partial charge in [-0.2, -0.15) is 5.26 Å². The summed E-state index contributed by atoms with van der Waals surface area (Å²) in [5, 5.41) is 8.85. The van der Waals surface area contributed by atoms with Crippen molar-refractivity contribution in [1.82, 2.24) is 4.90 Å². The number of nitrogens with two attached hydrogens (primary N) is 1. The summed E-state index contributed by atoms with van der Waals surface area (Å²) in [4.78, 5) is 14.3. The summed E-state index contributed by atoms with van der Waals surface area (Å²) >= 11 is 0. The van der Waals surface area contributed by atoms with Crippen molar-refractivity contribution in [3.63, 3.8) is 0 Å². The number of fused-ring (bicyclic) bond motifs is 1. The van der Waals surface area contributed by atoms with Crippen LogP contribution in [0, 0.1) is 28.6 Å². The molecule has 1 amide bonds. The summed E-state index contributed by atoms with van der Waals surface area (Å²) in [5.41, 5.74) is 5.26. The number of rotatable bonds is 3. The van der Waals surface area contributed by atoms with Crippen LogP contribution < -0.4 is 5.73 Å². The molecule has 0 radical (unpaired) electrons. The predicted octanol–water partition coefficient (Wildman–Crippen LogP) is 0.747. The van der Waals surface area contributed by atoms with Gasteiger partial charge in [0.05, 0.1) is 18.1 Å². The van der Waals surface area contributed by atoms with Crippen LogP contribution >= 0.6 is 0 Å². The van der Waals surface area contributed by atoms with Crippen molar-refractivity contribution in [2.24, 2.45) is 23.0 Å². The Bertz CT molecular complexity index is 429. The monoisotopic (exact) mass is 265 g/mol. The number of amides is 1. The maximum atomic E-state index is 12.7. The number of ether oxygens (including phenoxy) is 1. The van der Waals surface area contributed by atoms with Gasteiger partial charge < -0.3 is 15.4 Å². The number of carbonyl (C=O) groups excluding carboxylic acids is 1. The van der Waals surface area contributed by atoms with Crippen molar-refractivity contribution in [2.45, 2.75) is 38.8 Å². The molecule has 0 aromatic heterocycles. The third-order valence-corrected chi connectivity index (χ3v) is 4.92. The number of likely N-dealkylation sites (N-methyl/N-ethyl adjacent to an activating group) is 1. The van der Waals surface area contributed by atoms with E-state index in [2.05, 4.69) is 6.07 Å². The highest BCUT2D eigenvalue weighted by Gasteiger charge is 2.71. The summed E-state index contributed by atoms with van der Waals surface area (Å²) in [6.45, 7) is 6.91. The Morgan fingerprint density at radius 2 is 2.26 bits per heavy atom. The van der Waals surface area contributed by atoms with E-state index in [1.807, 2.05) is 13.8 Å². The molecular formula is C14H23N3O2. The van der Waals surface area contributed by atoms with Crippen LogP contribution in [-0.4, -0.2) is 42.6 Å². The third kappa shape index (κ3) is 1.78. The van der Waals surface area contributed by atoms with E-state index >= 15 is 0 Å². The summed E-state index contributed by atoms with van der Waals surface area (Å²) in [5.74, 6) is -0.141. The summed E-state index contributed by atoms with van der Waals surface area (Å²) in [7, 11) is 1.73. The minimum Gasteiger partial charge on any atom is -0.377 e. The largest absolute Gasteiger partial charge is 0.377 e. The Labute approximate surface area is 114 Å². The second-order valence-electron chi connectivity index (χ2n) is 6.49. The molecule has 4 atom stereocenters. The molecule has 1 aliphatic heterocycles. The molecule has 1 saturated carbocycles. The molecule has 19 heavy (non-hydrogen) atoms. The molecule has 2 aliphatic rings. The molecule has 0 aromatic rings. The number of carbonyl (C=O) groups is 1. The molecule has 0 bridgehead atoms. The maximum absolute atomic E-state index is 12.7. The van der Waals surface area contributed by atoms with Gasteiger partial charge in [-0.05, 0) is 13.3 Å². The van der Waals surface area contributed by atoms with Crippen LogP contribution in [0.15, 0.2) is 0 Å². The van der Waals surface area contributed by atoms with E-state index in [0.717, 1.165) is 6.42 Å². The number of hydrogen-bond acceptors (Lipinski definition) is 4. The molecule has 5 nitrogen and oxygen atoms in total. The van der Waals surface area contributed by atoms with Gasteiger partial charge in [-0.15, -0.1) is 0 Å². The van der Waals surface area contributed by atoms with Crippen molar-refractivity contribution in [2.75, 3.05) is 20.2 Å². The quantitative estimate of drug-likeness (QED) is 0.816. The zero-order valence-electron chi connectivity index (χ0n) is 12.1. The van der Waals surface area contributed by atoms with Crippen LogP contribution in [0.25, 0.3) is 0 Å². The molecule has 2 N–H and O–H groups in total. The van der Waals surface area contributed by atoms with Crippen LogP contribution in [-0.2, 0) is 9.53 Å². The molecular weight excluding hydrogens is 242 g/mol. The Hall–Kier alpha value is -1.12. The second-order valence-corrected chi connectivity index (χ2v) is 6.49. The Morgan fingerprint density at radius 3 is 2.84 bits per heavy atom. The van der Waals surface area contributed by atoms with Crippen molar-refractivity contribution < 1.29 is 9.53 Å². The molecule has 1 aliphatic carbocycles. The van der Waals surface area contributed by atoms with Crippen LogP contribution in [0.5, 0.6) is 0 Å². The van der Waals surface area contributed by atoms with Gasteiger partial charge in [-0.3, -0.25) is 4.79 Å². The number of hydrogen-bond donors (Lipinski definition) is 1. The van der Waals surface area contributed by atoms with E-state index in [0.29, 0.717) is 13.2 Å². The van der Waals surface area contributed by atoms with Gasteiger partial charge in [-0.1, -0.05) is 13.8 Å². The average molecular weight is 265 g/mol. The molecule has 0 spiro atoms. The van der Waals surface area contributed by atoms with Crippen LogP contribution in [0.4, 0.5) is 0 Å². The van der Waals surface area contributed by atoms with Gasteiger partial charge in [0.25, 0.3) is 0 Å². The highest BCUT2D eigenvalue weighted by Crippen LogP contribution is 2.58. The van der Waals surface area contributed by atoms with Gasteiger partial charge in [0.2, 0.25) is 5.91 Å². The summed E-state index contributed by atoms with van der Waals surface area (Å²) < 4.78 is 5.69. The smallest absolute Gasteiger partial charge is 0.243 e. The van der Waals surface area contributed by atoms with Crippen LogP contribution in [0.3, 0.4) is 0 Å². The Kier molecular flexibility index (Phi) is 3.36. The first-order valence-corrected chi connectivity index (χ1v) is 6.82. The first-order valence-electron chi connectivity index (χ1n) is 6.82. The van der Waals surface area contributed by atoms with Gasteiger partial charge >= 0.3 is 0 Å². The van der Waals surface area contributed by atoms with E-state index in [4.69, 9.17) is 15.7 Å². The summed E-state index contributed by atoms with van der Waals surface area (Å²) in [6, 6.07) is 2.15. The zero-order valence-corrected chi connectivity index (χ0v) is 12.1. The normalized spacial score (nSPS) is 36.8. The number of nitrogens with zero attached hydrogens (tertiary/aromatic N) is 2. The lowest BCUT2D eigenvalue weighted by Gasteiger charge is -2.61. The molecule has 2 rings (SSSR count). The SMILES string of the molecule is CC(C#N)CN(C)C(=O)C1(N)C2CCOC2C1(C)C. The zero-order chi connectivity index (χ0) is 14.4. The summed E-state index contributed by atoms with van der Waals surface area (Å²) in [6.07, 6.45) is 0.932. The second kappa shape index (κ2) is 4.46. The average Bonchev–Trinajstić information content (AvgIpc) is 2.84. The lowest BCUT2D eigenvalue weighted by atomic mass is 9.47. The lowest BCUT2D eigenvalue weighted by molar-refractivity contribution is -0.183. The minimum atomic E-state index is -0.863. The lowest BCUT2D eigenvalue weighted by Crippen LogP contribution is -2.80. The van der Waals surface area contributed by atoms with Gasteiger partial charge in [0, 0.05) is 31.5 Å². The first kappa shape index (κ1) is 14.3. The fourth-order valence-electron chi connectivity index (χ4n) is 3.67. The van der Waals surface area contributed by atoms with Crippen molar-refractivity contribution in [1.29, 1.82) is 5.26 Å². The maximum Gasteiger partial charge on any atom is 0.243 e. The van der Waals surface area contributed by atoms with E-state index in [9.17, 15) is 4.79 Å². The van der Waals surface area contributed by atoms with E-state index < -0.39 is 5.54 Å². The van der Waals surface area contributed by atoms with Crippen LogP contribution in [0.1, 0.15) is 27.2 Å². The molecule has 106 valence electrons. The Morgan fingerprint density at radius 1 is 1.63 bits per heavy atom. The highest BCUT2D eigenvalue weighted by molar-refractivity contribution is 5.89. The van der Waals surface area contributed by atoms with E-state index in [1.54, 1.807) is 18.9 Å². The van der Waals surface area contributed by atoms with Crippen molar-refractivity contribution in [3.8, 4) is 6.07 Å². The number of nitriles is 1. The molecule has 2 fully saturated rings. The molecule has 5 heteroatoms. The molecule has 1 heterocycles. The molecule has 1 saturated heterocycles. The van der Waals surface area contributed by atoms with E-state index in [-0.39, 0.29) is 29.3 Å². The van der Waals surface area contributed by atoms with Gasteiger partial charge in [-0.25, -0.2) is 0 Å². The van der Waals surface area contributed by atoms with Crippen molar-refractivity contribution >= 4 is 5.91 Å². The highest BCUT2D eigenvalue weighted by atomic mass is 16.5. The van der Waals surface area contributed by atoms with E-state index in [1.165, 1.54) is 0 Å². The predicted molar refractivity (Wildman–Crippen MR) is 71.0 cm³/mol. The topological polar surface area (TPSA) is 79.4 Å². The molecule has 0 aromatic carbocycles. The fourth-order valence-corrected chi connectivity index (χ4v) is 3.67. The van der Waals surface area contributed by atoms with Crippen molar-refractivity contribution in [3.05, 3.63) is 0 Å². The first-order chi connectivity index (χ1) is 8.76. The minimum absolute atomic E-state index is 0.0636. The molecule has 4 unspecified atom stereocenters.